The van der Waals surface area contributed by atoms with E-state index in [-0.39, 0.29) is 0 Å². The highest BCUT2D eigenvalue weighted by atomic mass is 79.9. The lowest BCUT2D eigenvalue weighted by Gasteiger charge is -2.19. The molecule has 0 aromatic heterocycles. The molecule has 1 nitrogen and oxygen atoms in total. The zero-order valence-corrected chi connectivity index (χ0v) is 13.2. The first-order chi connectivity index (χ1) is 8.69. The van der Waals surface area contributed by atoms with Crippen LogP contribution in [-0.4, -0.2) is 6.04 Å². The summed E-state index contributed by atoms with van der Waals surface area (Å²) >= 11 is 9.54. The van der Waals surface area contributed by atoms with Gasteiger partial charge in [0.2, 0.25) is 0 Å². The second kappa shape index (κ2) is 6.81. The summed E-state index contributed by atoms with van der Waals surface area (Å²) in [6, 6.07) is 6.57. The van der Waals surface area contributed by atoms with Gasteiger partial charge in [0.25, 0.3) is 0 Å². The first-order valence-electron chi connectivity index (χ1n) is 6.90. The number of halogens is 2. The summed E-state index contributed by atoms with van der Waals surface area (Å²) in [5.74, 6) is 0.936. The Morgan fingerprint density at radius 3 is 2.83 bits per heavy atom. The largest absolute Gasteiger partial charge is 0.381 e. The second-order valence-electron chi connectivity index (χ2n) is 5.25. The Morgan fingerprint density at radius 2 is 2.11 bits per heavy atom. The summed E-state index contributed by atoms with van der Waals surface area (Å²) in [5, 5.41) is 4.43. The molecule has 18 heavy (non-hydrogen) atoms. The molecule has 2 rings (SSSR count). The van der Waals surface area contributed by atoms with Gasteiger partial charge < -0.3 is 5.32 Å². The Bertz CT molecular complexity index is 394. The van der Waals surface area contributed by atoms with Crippen LogP contribution in [-0.2, 0) is 0 Å². The molecule has 3 heteroatoms. The van der Waals surface area contributed by atoms with Gasteiger partial charge in [-0.15, -0.1) is 0 Å². The van der Waals surface area contributed by atoms with Crippen molar-refractivity contribution in [2.75, 3.05) is 5.32 Å². The van der Waals surface area contributed by atoms with Crippen LogP contribution in [0, 0.1) is 5.92 Å². The van der Waals surface area contributed by atoms with Gasteiger partial charge in [-0.2, -0.15) is 0 Å². The zero-order valence-electron chi connectivity index (χ0n) is 10.9. The molecule has 0 saturated heterocycles. The first-order valence-corrected chi connectivity index (χ1v) is 8.07. The Morgan fingerprint density at radius 1 is 1.28 bits per heavy atom. The lowest BCUT2D eigenvalue weighted by atomic mass is 9.98. The van der Waals surface area contributed by atoms with E-state index >= 15 is 0 Å². The average molecular weight is 331 g/mol. The normalized spacial score (nSPS) is 24.6. The summed E-state index contributed by atoms with van der Waals surface area (Å²) in [7, 11) is 0. The second-order valence-corrected chi connectivity index (χ2v) is 6.54. The zero-order chi connectivity index (χ0) is 13.0. The maximum Gasteiger partial charge on any atom is 0.0487 e. The lowest BCUT2D eigenvalue weighted by molar-refractivity contribution is 0.444. The number of anilines is 1. The van der Waals surface area contributed by atoms with Gasteiger partial charge in [-0.1, -0.05) is 37.8 Å². The molecule has 1 fully saturated rings. The molecular weight excluding hydrogens is 310 g/mol. The minimum Gasteiger partial charge on any atom is -0.381 e. The minimum atomic E-state index is 0.610. The van der Waals surface area contributed by atoms with Crippen molar-refractivity contribution >= 4 is 33.2 Å². The Kier molecular flexibility index (Phi) is 5.38. The van der Waals surface area contributed by atoms with Crippen LogP contribution in [0.3, 0.4) is 0 Å². The van der Waals surface area contributed by atoms with Gasteiger partial charge in [0.05, 0.1) is 0 Å². The van der Waals surface area contributed by atoms with Crippen molar-refractivity contribution in [1.82, 2.24) is 0 Å². The van der Waals surface area contributed by atoms with Gasteiger partial charge in [0, 0.05) is 21.2 Å². The fourth-order valence-corrected chi connectivity index (χ4v) is 3.55. The van der Waals surface area contributed by atoms with Crippen LogP contribution in [0.1, 0.15) is 45.4 Å². The van der Waals surface area contributed by atoms with E-state index in [1.165, 1.54) is 44.2 Å². The summed E-state index contributed by atoms with van der Waals surface area (Å²) in [5.41, 5.74) is 1.17. The molecule has 1 N–H and O–H groups in total. The standard InChI is InChI=1S/C15H21BrClN/c1-2-11-4-3-5-13(8-6-11)18-15-9-7-12(17)10-14(15)16/h7,9-11,13,18H,2-6,8H2,1H3. The molecule has 1 saturated carbocycles. The van der Waals surface area contributed by atoms with E-state index in [1.807, 2.05) is 12.1 Å². The molecule has 1 aromatic rings. The Balaban J connectivity index is 1.96. The summed E-state index contributed by atoms with van der Waals surface area (Å²) < 4.78 is 1.06. The third-order valence-electron chi connectivity index (χ3n) is 3.96. The van der Waals surface area contributed by atoms with Crippen molar-refractivity contribution < 1.29 is 0 Å². The highest BCUT2D eigenvalue weighted by Crippen LogP contribution is 2.30. The smallest absolute Gasteiger partial charge is 0.0487 e. The van der Waals surface area contributed by atoms with Gasteiger partial charge in [-0.05, 0) is 59.3 Å². The molecule has 0 aliphatic heterocycles. The predicted octanol–water partition coefficient (Wildman–Crippen LogP) is 5.87. The van der Waals surface area contributed by atoms with Crippen molar-refractivity contribution in [2.24, 2.45) is 5.92 Å². The monoisotopic (exact) mass is 329 g/mol. The van der Waals surface area contributed by atoms with Crippen LogP contribution in [0.25, 0.3) is 0 Å². The molecule has 2 unspecified atom stereocenters. The van der Waals surface area contributed by atoms with Crippen molar-refractivity contribution in [1.29, 1.82) is 0 Å². The van der Waals surface area contributed by atoms with E-state index in [0.717, 1.165) is 15.4 Å². The Hall–Kier alpha value is -0.210. The first kappa shape index (κ1) is 14.2. The van der Waals surface area contributed by atoms with E-state index in [1.54, 1.807) is 0 Å². The molecule has 1 aliphatic carbocycles. The maximum atomic E-state index is 5.97. The van der Waals surface area contributed by atoms with Crippen LogP contribution in [0.15, 0.2) is 22.7 Å². The summed E-state index contributed by atoms with van der Waals surface area (Å²) in [6.07, 6.45) is 8.01. The fraction of sp³-hybridized carbons (Fsp3) is 0.600. The molecule has 0 amide bonds. The quantitative estimate of drug-likeness (QED) is 0.683. The van der Waals surface area contributed by atoms with Gasteiger partial charge in [0.1, 0.15) is 0 Å². The third kappa shape index (κ3) is 3.89. The number of rotatable bonds is 3. The number of hydrogen-bond acceptors (Lipinski definition) is 1. The number of benzene rings is 1. The van der Waals surface area contributed by atoms with E-state index in [4.69, 9.17) is 11.6 Å². The number of hydrogen-bond donors (Lipinski definition) is 1. The van der Waals surface area contributed by atoms with E-state index in [2.05, 4.69) is 34.2 Å². The molecule has 2 atom stereocenters. The highest BCUT2D eigenvalue weighted by Gasteiger charge is 2.18. The molecule has 0 bridgehead atoms. The minimum absolute atomic E-state index is 0.610. The van der Waals surface area contributed by atoms with Crippen LogP contribution < -0.4 is 5.32 Å². The predicted molar refractivity (Wildman–Crippen MR) is 83.4 cm³/mol. The third-order valence-corrected chi connectivity index (χ3v) is 4.85. The summed E-state index contributed by atoms with van der Waals surface area (Å²) in [6.45, 7) is 2.31. The van der Waals surface area contributed by atoms with E-state index in [9.17, 15) is 0 Å². The van der Waals surface area contributed by atoms with Crippen LogP contribution >= 0.6 is 27.5 Å². The highest BCUT2D eigenvalue weighted by molar-refractivity contribution is 9.10. The van der Waals surface area contributed by atoms with Crippen molar-refractivity contribution in [3.63, 3.8) is 0 Å². The van der Waals surface area contributed by atoms with Gasteiger partial charge in [-0.25, -0.2) is 0 Å². The summed E-state index contributed by atoms with van der Waals surface area (Å²) in [4.78, 5) is 0. The average Bonchev–Trinajstić information content (AvgIpc) is 2.58. The van der Waals surface area contributed by atoms with Crippen molar-refractivity contribution in [3.8, 4) is 0 Å². The van der Waals surface area contributed by atoms with Crippen LogP contribution in [0.4, 0.5) is 5.69 Å². The molecule has 1 aliphatic rings. The fourth-order valence-electron chi connectivity index (χ4n) is 2.76. The van der Waals surface area contributed by atoms with Gasteiger partial charge in [0.15, 0.2) is 0 Å². The maximum absolute atomic E-state index is 5.97. The SMILES string of the molecule is CCC1CCCC(Nc2ccc(Cl)cc2Br)CC1. The molecule has 0 radical (unpaired) electrons. The van der Waals surface area contributed by atoms with Gasteiger partial charge in [-0.3, -0.25) is 0 Å². The van der Waals surface area contributed by atoms with E-state index in [0.29, 0.717) is 6.04 Å². The molecular formula is C15H21BrClN. The van der Waals surface area contributed by atoms with Crippen LogP contribution in [0.5, 0.6) is 0 Å². The topological polar surface area (TPSA) is 12.0 Å². The molecule has 0 heterocycles. The molecule has 1 aromatic carbocycles. The van der Waals surface area contributed by atoms with Gasteiger partial charge >= 0.3 is 0 Å². The molecule has 100 valence electrons. The van der Waals surface area contributed by atoms with E-state index < -0.39 is 0 Å². The van der Waals surface area contributed by atoms with Crippen molar-refractivity contribution in [3.05, 3.63) is 27.7 Å². The van der Waals surface area contributed by atoms with Crippen LogP contribution in [0.2, 0.25) is 5.02 Å². The lowest BCUT2D eigenvalue weighted by Crippen LogP contribution is -2.18. The molecule has 0 spiro atoms. The Labute approximate surface area is 123 Å². The van der Waals surface area contributed by atoms with Crippen molar-refractivity contribution in [2.45, 2.75) is 51.5 Å². The number of nitrogens with one attached hydrogen (secondary N) is 1.